The number of piperazine rings is 1. The third-order valence-corrected chi connectivity index (χ3v) is 5.69. The number of fused-ring (bicyclic) bond motifs is 1. The van der Waals surface area contributed by atoms with Gasteiger partial charge in [-0.2, -0.15) is 0 Å². The van der Waals surface area contributed by atoms with Crippen molar-refractivity contribution in [3.05, 3.63) is 68.9 Å². The van der Waals surface area contributed by atoms with E-state index >= 15 is 0 Å². The Hall–Kier alpha value is -3.41. The van der Waals surface area contributed by atoms with Gasteiger partial charge in [0, 0.05) is 51.0 Å². The van der Waals surface area contributed by atoms with Gasteiger partial charge in [-0.15, -0.1) is 11.6 Å². The molecule has 0 aliphatic carbocycles. The molecule has 11 nitrogen and oxygen atoms in total. The number of alkyl halides is 1. The van der Waals surface area contributed by atoms with Gasteiger partial charge in [-0.3, -0.25) is 19.7 Å². The quantitative estimate of drug-likeness (QED) is 0.305. The molecule has 35 heavy (non-hydrogen) atoms. The van der Waals surface area contributed by atoms with Gasteiger partial charge in [-0.25, -0.2) is 0 Å². The maximum atomic E-state index is 13.2. The van der Waals surface area contributed by atoms with Crippen molar-refractivity contribution in [2.24, 2.45) is 0 Å². The minimum absolute atomic E-state index is 0. The van der Waals surface area contributed by atoms with Gasteiger partial charge in [-0.05, 0) is 32.3 Å². The molecule has 1 aliphatic rings. The van der Waals surface area contributed by atoms with Crippen LogP contribution >= 0.6 is 11.6 Å². The molecule has 0 unspecified atom stereocenters. The smallest absolute Gasteiger partial charge is 0.357 e. The minimum atomic E-state index is -0.611. The Labute approximate surface area is 208 Å². The van der Waals surface area contributed by atoms with E-state index in [2.05, 4.69) is 11.6 Å². The molecule has 3 N–H and O–H groups in total. The first-order valence-electron chi connectivity index (χ1n) is 10.8. The number of nitrogens with zero attached hydrogens (tertiary/aromatic N) is 5. The Balaban J connectivity index is 0.00000140. The van der Waals surface area contributed by atoms with Gasteiger partial charge in [0.15, 0.2) is 5.76 Å². The van der Waals surface area contributed by atoms with Gasteiger partial charge in [0.1, 0.15) is 5.69 Å². The van der Waals surface area contributed by atoms with Gasteiger partial charge < -0.3 is 29.8 Å². The van der Waals surface area contributed by atoms with Gasteiger partial charge in [0.25, 0.3) is 5.91 Å². The average Bonchev–Trinajstić information content (AvgIpc) is 3.38. The van der Waals surface area contributed by atoms with Crippen molar-refractivity contribution >= 4 is 39.8 Å². The molecule has 0 saturated carbocycles. The van der Waals surface area contributed by atoms with Crippen molar-refractivity contribution in [1.82, 2.24) is 20.5 Å². The molecule has 2 aromatic heterocycles. The summed E-state index contributed by atoms with van der Waals surface area (Å²) in [7, 11) is 3.78. The summed E-state index contributed by atoms with van der Waals surface area (Å²) >= 11 is 4.64. The summed E-state index contributed by atoms with van der Waals surface area (Å²) < 4.78 is 6.68. The van der Waals surface area contributed by atoms with E-state index < -0.39 is 16.2 Å². The number of hydrogen-bond acceptors (Lipinski definition) is 8. The van der Waals surface area contributed by atoms with Crippen LogP contribution in [0.5, 0.6) is 0 Å². The molecule has 3 heterocycles. The summed E-state index contributed by atoms with van der Waals surface area (Å²) in [4.78, 5) is 42.7. The molecule has 190 valence electrons. The molecule has 0 atom stereocenters. The first-order valence-corrected chi connectivity index (χ1v) is 11.5. The zero-order valence-corrected chi connectivity index (χ0v) is 20.9. The predicted octanol–water partition coefficient (Wildman–Crippen LogP) is 3.04. The molecule has 4 rings (SSSR count). The molecule has 0 bridgehead atoms. The van der Waals surface area contributed by atoms with E-state index in [9.17, 15) is 19.7 Å². The number of aromatic nitrogens is 1. The highest BCUT2D eigenvalue weighted by Crippen LogP contribution is 2.34. The number of benzene rings is 1. The maximum absolute atomic E-state index is 13.2. The summed E-state index contributed by atoms with van der Waals surface area (Å²) in [5, 5.41) is 12.7. The Morgan fingerprint density at radius 1 is 1.11 bits per heavy atom. The standard InChI is InChI=1S/C22H25N5O5.CH3Cl.H3N/c1-23(2)9-14-26-17-7-4-3-6-16(17)19(20(22(26)29)27(30)31)24-10-12-25(13-11-24)21(28)18-8-5-15-32-18;1-2;/h3-8,15H,9-14H2,1-2H3;1H3;1H3. The van der Waals surface area contributed by atoms with Crippen LogP contribution in [-0.2, 0) is 6.54 Å². The number of pyridine rings is 1. The molecule has 1 aromatic carbocycles. The van der Waals surface area contributed by atoms with Crippen LogP contribution in [0.1, 0.15) is 10.6 Å². The second-order valence-electron chi connectivity index (χ2n) is 7.99. The first kappa shape index (κ1) is 27.8. The number of likely N-dealkylation sites (N-methyl/N-ethyl adjacent to an activating group) is 1. The summed E-state index contributed by atoms with van der Waals surface area (Å²) in [6, 6.07) is 10.5. The third kappa shape index (κ3) is 5.81. The van der Waals surface area contributed by atoms with Crippen molar-refractivity contribution in [2.45, 2.75) is 6.54 Å². The average molecular weight is 507 g/mol. The summed E-state index contributed by atoms with van der Waals surface area (Å²) in [6.45, 7) is 2.41. The fourth-order valence-corrected chi connectivity index (χ4v) is 4.07. The molecule has 1 fully saturated rings. The number of amides is 1. The number of rotatable bonds is 6. The predicted molar refractivity (Wildman–Crippen MR) is 137 cm³/mol. The third-order valence-electron chi connectivity index (χ3n) is 5.69. The molecule has 3 aromatic rings. The van der Waals surface area contributed by atoms with Crippen molar-refractivity contribution in [3.63, 3.8) is 0 Å². The van der Waals surface area contributed by atoms with E-state index in [0.29, 0.717) is 55.9 Å². The number of carbonyl (C=O) groups excluding carboxylic acids is 1. The van der Waals surface area contributed by atoms with Crippen LogP contribution in [0.15, 0.2) is 51.9 Å². The molecule has 1 saturated heterocycles. The summed E-state index contributed by atoms with van der Waals surface area (Å²) in [5.41, 5.74) is -0.0521. The highest BCUT2D eigenvalue weighted by atomic mass is 35.5. The number of halogens is 1. The van der Waals surface area contributed by atoms with Gasteiger partial charge >= 0.3 is 11.2 Å². The van der Waals surface area contributed by atoms with E-state index in [1.807, 2.05) is 48.2 Å². The van der Waals surface area contributed by atoms with Crippen LogP contribution < -0.4 is 16.6 Å². The topological polar surface area (TPSA) is 140 Å². The van der Waals surface area contributed by atoms with Crippen LogP contribution in [0.25, 0.3) is 10.9 Å². The number of carbonyl (C=O) groups is 1. The van der Waals surface area contributed by atoms with Crippen molar-refractivity contribution < 1.29 is 14.1 Å². The Morgan fingerprint density at radius 2 is 1.77 bits per heavy atom. The zero-order valence-electron chi connectivity index (χ0n) is 20.1. The Bertz CT molecular complexity index is 1200. The molecule has 1 amide bonds. The van der Waals surface area contributed by atoms with Crippen LogP contribution in [-0.4, -0.2) is 78.4 Å². The maximum Gasteiger partial charge on any atom is 0.357 e. The van der Waals surface area contributed by atoms with Crippen LogP contribution in [0.2, 0.25) is 0 Å². The summed E-state index contributed by atoms with van der Waals surface area (Å²) in [5.74, 6) is 0.0477. The minimum Gasteiger partial charge on any atom is -0.459 e. The molecule has 1 aliphatic heterocycles. The lowest BCUT2D eigenvalue weighted by Gasteiger charge is -2.36. The zero-order chi connectivity index (χ0) is 24.8. The highest BCUT2D eigenvalue weighted by Gasteiger charge is 2.32. The van der Waals surface area contributed by atoms with Gasteiger partial charge in [0.2, 0.25) is 0 Å². The number of nitro groups is 1. The number of furan rings is 1. The first-order chi connectivity index (χ1) is 16.4. The number of hydrogen-bond donors (Lipinski definition) is 1. The van der Waals surface area contributed by atoms with Gasteiger partial charge in [-0.1, -0.05) is 18.2 Å². The largest absolute Gasteiger partial charge is 0.459 e. The fraction of sp³-hybridized carbons (Fsp3) is 0.391. The Morgan fingerprint density at radius 3 is 2.34 bits per heavy atom. The van der Waals surface area contributed by atoms with Crippen molar-refractivity contribution in [2.75, 3.05) is 58.1 Å². The van der Waals surface area contributed by atoms with E-state index in [1.54, 1.807) is 17.0 Å². The van der Waals surface area contributed by atoms with E-state index in [0.717, 1.165) is 0 Å². The molecular weight excluding hydrogens is 476 g/mol. The lowest BCUT2D eigenvalue weighted by atomic mass is 10.1. The normalized spacial score (nSPS) is 13.3. The lowest BCUT2D eigenvalue weighted by Crippen LogP contribution is -2.49. The van der Waals surface area contributed by atoms with E-state index in [1.165, 1.54) is 17.2 Å². The van der Waals surface area contributed by atoms with Crippen LogP contribution in [0.3, 0.4) is 0 Å². The van der Waals surface area contributed by atoms with Crippen molar-refractivity contribution in [3.8, 4) is 0 Å². The molecule has 12 heteroatoms. The second kappa shape index (κ2) is 12.3. The monoisotopic (exact) mass is 506 g/mol. The molecule has 0 spiro atoms. The number of para-hydroxylation sites is 1. The van der Waals surface area contributed by atoms with E-state index in [-0.39, 0.29) is 17.8 Å². The van der Waals surface area contributed by atoms with Crippen LogP contribution in [0, 0.1) is 10.1 Å². The second-order valence-corrected chi connectivity index (χ2v) is 7.99. The van der Waals surface area contributed by atoms with Crippen LogP contribution in [0.4, 0.5) is 11.4 Å². The molecule has 0 radical (unpaired) electrons. The van der Waals surface area contributed by atoms with Crippen molar-refractivity contribution in [1.29, 1.82) is 0 Å². The summed E-state index contributed by atoms with van der Waals surface area (Å²) in [6.07, 6.45) is 2.92. The van der Waals surface area contributed by atoms with E-state index in [4.69, 9.17) is 4.42 Å². The molecular formula is C23H31ClN6O5. The highest BCUT2D eigenvalue weighted by molar-refractivity contribution is 6.15. The fourth-order valence-electron chi connectivity index (χ4n) is 4.07. The Kier molecular flexibility index (Phi) is 9.81. The number of anilines is 1. The van der Waals surface area contributed by atoms with Gasteiger partial charge in [0.05, 0.1) is 16.7 Å². The SMILES string of the molecule is CCl.CN(C)CCn1c(=O)c([N+](=O)[O-])c(N2CCN(C(=O)c3ccco3)CC2)c2ccccc21.N. The lowest BCUT2D eigenvalue weighted by molar-refractivity contribution is -0.385.